The van der Waals surface area contributed by atoms with Gasteiger partial charge in [0.25, 0.3) is 0 Å². The van der Waals surface area contributed by atoms with E-state index in [0.717, 1.165) is 26.7 Å². The van der Waals surface area contributed by atoms with Crippen molar-refractivity contribution in [2.75, 3.05) is 6.54 Å². The Balaban J connectivity index is 1.60. The summed E-state index contributed by atoms with van der Waals surface area (Å²) >= 11 is 1.61. The van der Waals surface area contributed by atoms with E-state index in [-0.39, 0.29) is 6.42 Å². The van der Waals surface area contributed by atoms with E-state index in [1.165, 1.54) is 0 Å². The van der Waals surface area contributed by atoms with Crippen molar-refractivity contribution in [2.24, 2.45) is 0 Å². The van der Waals surface area contributed by atoms with Gasteiger partial charge in [0.05, 0.1) is 16.8 Å². The minimum absolute atomic E-state index is 0.183. The van der Waals surface area contributed by atoms with Crippen LogP contribution in [0.1, 0.15) is 18.6 Å². The Kier molecular flexibility index (Phi) is 4.50. The quantitative estimate of drug-likeness (QED) is 0.652. The Hall–Kier alpha value is -2.18. The molecule has 0 amide bonds. The third kappa shape index (κ3) is 3.52. The number of carbonyl (C=O) groups is 1. The minimum Gasteiger partial charge on any atom is -0.481 e. The van der Waals surface area contributed by atoms with Gasteiger partial charge in [0.15, 0.2) is 10.8 Å². The second-order valence-corrected chi connectivity index (χ2v) is 5.96. The first-order valence-electron chi connectivity index (χ1n) is 7.09. The van der Waals surface area contributed by atoms with Crippen LogP contribution in [0.4, 0.5) is 0 Å². The van der Waals surface area contributed by atoms with Crippen molar-refractivity contribution in [2.45, 2.75) is 19.4 Å². The van der Waals surface area contributed by atoms with E-state index in [1.807, 2.05) is 36.4 Å². The number of rotatable bonds is 7. The van der Waals surface area contributed by atoms with Gasteiger partial charge in [0.1, 0.15) is 5.76 Å². The molecule has 114 valence electrons. The van der Waals surface area contributed by atoms with Crippen molar-refractivity contribution in [3.63, 3.8) is 0 Å². The summed E-state index contributed by atoms with van der Waals surface area (Å²) in [6.45, 7) is 1.24. The molecule has 0 saturated heterocycles. The second kappa shape index (κ2) is 6.72. The third-order valence-electron chi connectivity index (χ3n) is 3.21. The summed E-state index contributed by atoms with van der Waals surface area (Å²) in [5.74, 6) is 0.825. The predicted octanol–water partition coefficient (Wildman–Crippen LogP) is 3.51. The van der Waals surface area contributed by atoms with Crippen molar-refractivity contribution in [3.05, 3.63) is 42.2 Å². The standard InChI is InChI=1S/C16H16N2O3S/c19-15(20)6-3-9-17-10-11-7-8-13(21-11)16-18-12-4-1-2-5-14(12)22-16/h1-2,4-5,7-8,17H,3,6,9-10H2,(H,19,20). The molecule has 0 aliphatic carbocycles. The summed E-state index contributed by atoms with van der Waals surface area (Å²) in [4.78, 5) is 15.0. The van der Waals surface area contributed by atoms with Gasteiger partial charge in [0, 0.05) is 6.42 Å². The molecular weight excluding hydrogens is 300 g/mol. The summed E-state index contributed by atoms with van der Waals surface area (Å²) in [6.07, 6.45) is 0.795. The van der Waals surface area contributed by atoms with Crippen LogP contribution in [0.3, 0.4) is 0 Å². The minimum atomic E-state index is -0.766. The highest BCUT2D eigenvalue weighted by atomic mass is 32.1. The summed E-state index contributed by atoms with van der Waals surface area (Å²) in [5, 5.41) is 12.6. The van der Waals surface area contributed by atoms with Gasteiger partial charge in [-0.05, 0) is 37.2 Å². The maximum Gasteiger partial charge on any atom is 0.303 e. The Bertz CT molecular complexity index is 745. The fourth-order valence-corrected chi connectivity index (χ4v) is 3.07. The number of carboxylic acids is 1. The molecule has 2 N–H and O–H groups in total. The fourth-order valence-electron chi connectivity index (χ4n) is 2.14. The van der Waals surface area contributed by atoms with Crippen LogP contribution in [-0.4, -0.2) is 22.6 Å². The molecule has 2 heterocycles. The summed E-state index contributed by atoms with van der Waals surface area (Å²) in [5.41, 5.74) is 0.979. The smallest absolute Gasteiger partial charge is 0.303 e. The molecule has 3 rings (SSSR count). The van der Waals surface area contributed by atoms with E-state index in [9.17, 15) is 4.79 Å². The molecule has 0 saturated carbocycles. The molecule has 0 fully saturated rings. The fraction of sp³-hybridized carbons (Fsp3) is 0.250. The zero-order valence-corrected chi connectivity index (χ0v) is 12.7. The molecule has 0 aliphatic heterocycles. The lowest BCUT2D eigenvalue weighted by Crippen LogP contribution is -2.15. The molecule has 0 unspecified atom stereocenters. The molecular formula is C16H16N2O3S. The number of fused-ring (bicyclic) bond motifs is 1. The van der Waals surface area contributed by atoms with Crippen LogP contribution < -0.4 is 5.32 Å². The predicted molar refractivity (Wildman–Crippen MR) is 85.9 cm³/mol. The van der Waals surface area contributed by atoms with Crippen LogP contribution in [0.2, 0.25) is 0 Å². The van der Waals surface area contributed by atoms with Gasteiger partial charge >= 0.3 is 5.97 Å². The summed E-state index contributed by atoms with van der Waals surface area (Å²) in [6, 6.07) is 11.9. The lowest BCUT2D eigenvalue weighted by Gasteiger charge is -2.00. The first-order chi connectivity index (χ1) is 10.7. The average Bonchev–Trinajstić information content (AvgIpc) is 3.12. The number of thiazole rings is 1. The van der Waals surface area contributed by atoms with Crippen molar-refractivity contribution in [1.82, 2.24) is 10.3 Å². The number of carboxylic acid groups (broad SMARTS) is 1. The zero-order valence-electron chi connectivity index (χ0n) is 11.9. The van der Waals surface area contributed by atoms with Gasteiger partial charge in [-0.25, -0.2) is 4.98 Å². The van der Waals surface area contributed by atoms with E-state index < -0.39 is 5.97 Å². The maximum atomic E-state index is 10.4. The zero-order chi connectivity index (χ0) is 15.4. The molecule has 22 heavy (non-hydrogen) atoms. The molecule has 0 bridgehead atoms. The Morgan fingerprint density at radius 3 is 2.95 bits per heavy atom. The normalized spacial score (nSPS) is 11.1. The second-order valence-electron chi connectivity index (χ2n) is 4.93. The highest BCUT2D eigenvalue weighted by Crippen LogP contribution is 2.30. The van der Waals surface area contributed by atoms with Crippen LogP contribution in [0, 0.1) is 0 Å². The largest absolute Gasteiger partial charge is 0.481 e. The van der Waals surface area contributed by atoms with E-state index in [2.05, 4.69) is 10.3 Å². The number of benzene rings is 1. The van der Waals surface area contributed by atoms with E-state index in [0.29, 0.717) is 19.5 Å². The summed E-state index contributed by atoms with van der Waals surface area (Å²) in [7, 11) is 0. The van der Waals surface area contributed by atoms with Gasteiger partial charge in [-0.1, -0.05) is 12.1 Å². The number of aliphatic carboxylic acids is 1. The SMILES string of the molecule is O=C(O)CCCNCc1ccc(-c2nc3ccccc3s2)o1. The van der Waals surface area contributed by atoms with Crippen LogP contribution in [0.15, 0.2) is 40.8 Å². The van der Waals surface area contributed by atoms with E-state index in [1.54, 1.807) is 11.3 Å². The Labute approximate surface area is 131 Å². The molecule has 1 aromatic carbocycles. The first kappa shape index (κ1) is 14.7. The number of para-hydroxylation sites is 1. The van der Waals surface area contributed by atoms with Gasteiger partial charge in [0.2, 0.25) is 0 Å². The van der Waals surface area contributed by atoms with E-state index in [4.69, 9.17) is 9.52 Å². The van der Waals surface area contributed by atoms with Gasteiger partial charge in [-0.3, -0.25) is 4.79 Å². The summed E-state index contributed by atoms with van der Waals surface area (Å²) < 4.78 is 6.94. The van der Waals surface area contributed by atoms with Gasteiger partial charge < -0.3 is 14.8 Å². The molecule has 0 aliphatic rings. The van der Waals surface area contributed by atoms with Crippen molar-refractivity contribution < 1.29 is 14.3 Å². The van der Waals surface area contributed by atoms with Gasteiger partial charge in [-0.15, -0.1) is 11.3 Å². The lowest BCUT2D eigenvalue weighted by molar-refractivity contribution is -0.137. The maximum absolute atomic E-state index is 10.4. The molecule has 3 aromatic rings. The molecule has 6 heteroatoms. The van der Waals surface area contributed by atoms with Crippen LogP contribution in [0.5, 0.6) is 0 Å². The number of hydrogen-bond donors (Lipinski definition) is 2. The Morgan fingerprint density at radius 2 is 2.14 bits per heavy atom. The van der Waals surface area contributed by atoms with Crippen molar-refractivity contribution in [1.29, 1.82) is 0 Å². The third-order valence-corrected chi connectivity index (χ3v) is 4.26. The highest BCUT2D eigenvalue weighted by molar-refractivity contribution is 7.21. The molecule has 5 nitrogen and oxygen atoms in total. The Morgan fingerprint density at radius 1 is 1.27 bits per heavy atom. The number of hydrogen-bond acceptors (Lipinski definition) is 5. The molecule has 2 aromatic heterocycles. The number of aromatic nitrogens is 1. The van der Waals surface area contributed by atoms with Crippen molar-refractivity contribution in [3.8, 4) is 10.8 Å². The van der Waals surface area contributed by atoms with Crippen LogP contribution >= 0.6 is 11.3 Å². The molecule has 0 spiro atoms. The number of nitrogens with one attached hydrogen (secondary N) is 1. The van der Waals surface area contributed by atoms with Crippen LogP contribution in [-0.2, 0) is 11.3 Å². The number of nitrogens with zero attached hydrogens (tertiary/aromatic N) is 1. The van der Waals surface area contributed by atoms with E-state index >= 15 is 0 Å². The lowest BCUT2D eigenvalue weighted by atomic mass is 10.3. The van der Waals surface area contributed by atoms with Crippen LogP contribution in [0.25, 0.3) is 21.0 Å². The topological polar surface area (TPSA) is 75.4 Å². The average molecular weight is 316 g/mol. The molecule has 0 radical (unpaired) electrons. The molecule has 0 atom stereocenters. The van der Waals surface area contributed by atoms with Crippen molar-refractivity contribution >= 4 is 27.5 Å². The van der Waals surface area contributed by atoms with Gasteiger partial charge in [-0.2, -0.15) is 0 Å². The number of furan rings is 1. The first-order valence-corrected chi connectivity index (χ1v) is 7.91. The highest BCUT2D eigenvalue weighted by Gasteiger charge is 2.10. The monoisotopic (exact) mass is 316 g/mol.